The Morgan fingerprint density at radius 3 is 2.46 bits per heavy atom. The number of amides is 1. The van der Waals surface area contributed by atoms with E-state index in [9.17, 15) is 26.4 Å². The fourth-order valence-corrected chi connectivity index (χ4v) is 2.92. The third-order valence-corrected chi connectivity index (χ3v) is 4.69. The van der Waals surface area contributed by atoms with E-state index in [1.54, 1.807) is 0 Å². The second-order valence-corrected chi connectivity index (χ2v) is 7.78. The van der Waals surface area contributed by atoms with Crippen molar-refractivity contribution in [1.82, 2.24) is 0 Å². The van der Waals surface area contributed by atoms with Crippen LogP contribution in [-0.4, -0.2) is 20.6 Å². The molecule has 4 nitrogen and oxygen atoms in total. The Hall–Kier alpha value is -2.32. The first-order chi connectivity index (χ1) is 12.0. The van der Waals surface area contributed by atoms with Gasteiger partial charge >= 0.3 is 6.18 Å². The molecule has 0 atom stereocenters. The van der Waals surface area contributed by atoms with Gasteiger partial charge in [0.2, 0.25) is 5.91 Å². The maximum Gasteiger partial charge on any atom is 0.417 e. The van der Waals surface area contributed by atoms with E-state index < -0.39 is 32.5 Å². The van der Waals surface area contributed by atoms with Gasteiger partial charge in [-0.25, -0.2) is 8.42 Å². The highest BCUT2D eigenvalue weighted by atomic mass is 35.5. The van der Waals surface area contributed by atoms with Gasteiger partial charge < -0.3 is 5.32 Å². The normalized spacial score (nSPS) is 12.3. The average Bonchev–Trinajstić information content (AvgIpc) is 2.52. The molecule has 0 aliphatic carbocycles. The van der Waals surface area contributed by atoms with Crippen LogP contribution in [0.1, 0.15) is 11.1 Å². The number of alkyl halides is 3. The zero-order chi connectivity index (χ0) is 19.5. The van der Waals surface area contributed by atoms with Gasteiger partial charge in [-0.1, -0.05) is 23.7 Å². The topological polar surface area (TPSA) is 63.2 Å². The highest BCUT2D eigenvalue weighted by molar-refractivity contribution is 7.90. The van der Waals surface area contributed by atoms with E-state index in [4.69, 9.17) is 11.6 Å². The minimum Gasteiger partial charge on any atom is -0.322 e. The van der Waals surface area contributed by atoms with Gasteiger partial charge in [-0.15, -0.1) is 0 Å². The lowest BCUT2D eigenvalue weighted by molar-refractivity contribution is -0.137. The van der Waals surface area contributed by atoms with Crippen molar-refractivity contribution in [2.24, 2.45) is 0 Å². The number of benzene rings is 2. The lowest BCUT2D eigenvalue weighted by Gasteiger charge is -2.09. The van der Waals surface area contributed by atoms with Crippen LogP contribution in [0.15, 0.2) is 53.4 Å². The summed E-state index contributed by atoms with van der Waals surface area (Å²) in [6.07, 6.45) is -1.33. The molecule has 2 aromatic carbocycles. The van der Waals surface area contributed by atoms with Gasteiger partial charge in [0.25, 0.3) is 0 Å². The number of sulfone groups is 1. The lowest BCUT2D eigenvalue weighted by atomic mass is 10.1. The van der Waals surface area contributed by atoms with Crippen molar-refractivity contribution in [2.45, 2.75) is 11.1 Å². The van der Waals surface area contributed by atoms with Crippen LogP contribution in [0.4, 0.5) is 18.9 Å². The van der Waals surface area contributed by atoms with Gasteiger partial charge in [-0.3, -0.25) is 4.79 Å². The van der Waals surface area contributed by atoms with Crippen LogP contribution in [0, 0.1) is 0 Å². The summed E-state index contributed by atoms with van der Waals surface area (Å²) >= 11 is 5.53. The lowest BCUT2D eigenvalue weighted by Crippen LogP contribution is -2.09. The van der Waals surface area contributed by atoms with Crippen molar-refractivity contribution < 1.29 is 26.4 Å². The van der Waals surface area contributed by atoms with Gasteiger partial charge in [-0.2, -0.15) is 13.2 Å². The largest absolute Gasteiger partial charge is 0.417 e. The Bertz CT molecular complexity index is 969. The first-order valence-corrected chi connectivity index (χ1v) is 9.40. The van der Waals surface area contributed by atoms with Crippen LogP contribution in [0.3, 0.4) is 0 Å². The van der Waals surface area contributed by atoms with Crippen molar-refractivity contribution in [3.05, 3.63) is 64.7 Å². The number of anilines is 1. The number of carbonyl (C=O) groups excluding carboxylic acids is 1. The molecule has 1 N–H and O–H groups in total. The molecule has 26 heavy (non-hydrogen) atoms. The van der Waals surface area contributed by atoms with Crippen molar-refractivity contribution in [2.75, 3.05) is 11.6 Å². The number of rotatable bonds is 4. The van der Waals surface area contributed by atoms with E-state index >= 15 is 0 Å². The molecule has 0 saturated heterocycles. The molecule has 2 aromatic rings. The van der Waals surface area contributed by atoms with Gasteiger partial charge in [0.05, 0.1) is 15.5 Å². The molecule has 0 aromatic heterocycles. The van der Waals surface area contributed by atoms with E-state index in [2.05, 4.69) is 5.32 Å². The van der Waals surface area contributed by atoms with Crippen LogP contribution >= 0.6 is 11.6 Å². The molecule has 1 amide bonds. The molecule has 0 aliphatic rings. The van der Waals surface area contributed by atoms with Crippen LogP contribution in [-0.2, 0) is 20.8 Å². The van der Waals surface area contributed by atoms with Gasteiger partial charge in [-0.05, 0) is 42.0 Å². The number of carbonyl (C=O) groups is 1. The molecule has 0 radical (unpaired) electrons. The first kappa shape index (κ1) is 20.0. The predicted octanol–water partition coefficient (Wildman–Crippen LogP) is 4.41. The smallest absolute Gasteiger partial charge is 0.322 e. The second-order valence-electron chi connectivity index (χ2n) is 5.36. The third kappa shape index (κ3) is 5.34. The fourth-order valence-electron chi connectivity index (χ4n) is 2.02. The van der Waals surface area contributed by atoms with Crippen LogP contribution in [0.5, 0.6) is 0 Å². The van der Waals surface area contributed by atoms with E-state index in [0.29, 0.717) is 0 Å². The van der Waals surface area contributed by atoms with Crippen molar-refractivity contribution in [3.8, 4) is 0 Å². The van der Waals surface area contributed by atoms with Crippen LogP contribution in [0.2, 0.25) is 5.02 Å². The third-order valence-electron chi connectivity index (χ3n) is 3.25. The summed E-state index contributed by atoms with van der Waals surface area (Å²) < 4.78 is 61.4. The molecule has 0 spiro atoms. The zero-order valence-corrected chi connectivity index (χ0v) is 14.9. The summed E-state index contributed by atoms with van der Waals surface area (Å²) in [5.41, 5.74) is -0.612. The highest BCUT2D eigenvalue weighted by Gasteiger charge is 2.33. The van der Waals surface area contributed by atoms with E-state index in [-0.39, 0.29) is 16.1 Å². The summed E-state index contributed by atoms with van der Waals surface area (Å²) in [6.45, 7) is 0. The van der Waals surface area contributed by atoms with Crippen LogP contribution in [0.25, 0.3) is 6.08 Å². The molecule has 0 fully saturated rings. The standard InChI is InChI=1S/C17H13ClF3NO3S/c1-26(24,25)13-4-2-3-12(10-13)22-16(23)8-6-11-5-7-15(18)14(9-11)17(19,20)21/h2-10H,1H3,(H,22,23)/b8-6+. The molecule has 0 aliphatic heterocycles. The summed E-state index contributed by atoms with van der Waals surface area (Å²) in [7, 11) is -3.43. The van der Waals surface area contributed by atoms with Gasteiger partial charge in [0, 0.05) is 18.0 Å². The Morgan fingerprint density at radius 1 is 1.15 bits per heavy atom. The molecule has 2 rings (SSSR count). The highest BCUT2D eigenvalue weighted by Crippen LogP contribution is 2.35. The summed E-state index contributed by atoms with van der Waals surface area (Å²) in [6, 6.07) is 8.88. The number of hydrogen-bond acceptors (Lipinski definition) is 3. The van der Waals surface area contributed by atoms with Crippen molar-refractivity contribution in [1.29, 1.82) is 0 Å². The summed E-state index contributed by atoms with van der Waals surface area (Å²) in [4.78, 5) is 11.9. The SMILES string of the molecule is CS(=O)(=O)c1cccc(NC(=O)/C=C/c2ccc(Cl)c(C(F)(F)F)c2)c1. The predicted molar refractivity (Wildman–Crippen MR) is 93.7 cm³/mol. The second kappa shape index (κ2) is 7.51. The maximum atomic E-state index is 12.8. The zero-order valence-electron chi connectivity index (χ0n) is 13.3. The quantitative estimate of drug-likeness (QED) is 0.769. The Labute approximate surface area is 153 Å². The fraction of sp³-hybridized carbons (Fsp3) is 0.118. The van der Waals surface area contributed by atoms with E-state index in [1.807, 2.05) is 0 Å². The number of halogens is 4. The summed E-state index contributed by atoms with van der Waals surface area (Å²) in [5.74, 6) is -0.626. The minimum atomic E-state index is -4.60. The molecule has 0 saturated carbocycles. The van der Waals surface area contributed by atoms with Gasteiger partial charge in [0.15, 0.2) is 9.84 Å². The van der Waals surface area contributed by atoms with E-state index in [1.165, 1.54) is 36.4 Å². The molecule has 9 heteroatoms. The summed E-state index contributed by atoms with van der Waals surface area (Å²) in [5, 5.41) is 2.01. The number of hydrogen-bond donors (Lipinski definition) is 1. The van der Waals surface area contributed by atoms with E-state index in [0.717, 1.165) is 24.5 Å². The molecular formula is C17H13ClF3NO3S. The number of nitrogens with one attached hydrogen (secondary N) is 1. The Morgan fingerprint density at radius 2 is 1.85 bits per heavy atom. The van der Waals surface area contributed by atoms with Crippen molar-refractivity contribution >= 4 is 39.1 Å². The molecule has 0 heterocycles. The van der Waals surface area contributed by atoms with Gasteiger partial charge in [0.1, 0.15) is 0 Å². The monoisotopic (exact) mass is 403 g/mol. The Kier molecular flexibility index (Phi) is 5.77. The van der Waals surface area contributed by atoms with Crippen LogP contribution < -0.4 is 5.32 Å². The van der Waals surface area contributed by atoms with Crippen molar-refractivity contribution in [3.63, 3.8) is 0 Å². The molecule has 0 unspecified atom stereocenters. The molecular weight excluding hydrogens is 391 g/mol. The minimum absolute atomic E-state index is 0.0341. The first-order valence-electron chi connectivity index (χ1n) is 7.13. The maximum absolute atomic E-state index is 12.8. The molecule has 138 valence electrons. The Balaban J connectivity index is 2.16. The average molecular weight is 404 g/mol. The molecule has 0 bridgehead atoms.